The number of benzene rings is 2. The summed E-state index contributed by atoms with van der Waals surface area (Å²) < 4.78 is 1.94. The molecule has 4 heterocycles. The van der Waals surface area contributed by atoms with E-state index in [1.165, 1.54) is 11.8 Å². The SMILES string of the molecule is C=CC(=O)Nc1cc(-c2c(-c3ccc(N4CCN(C)CC4)cc3)[nH]c3ncc(-c4cn(C)cn4)c(C)c23)ccc1C. The van der Waals surface area contributed by atoms with Crippen LogP contribution in [-0.2, 0) is 11.8 Å². The molecule has 1 saturated heterocycles. The first-order valence-corrected chi connectivity index (χ1v) is 13.9. The van der Waals surface area contributed by atoms with Crippen LogP contribution in [0.2, 0.25) is 0 Å². The molecule has 208 valence electrons. The van der Waals surface area contributed by atoms with E-state index in [0.717, 1.165) is 87.7 Å². The molecule has 6 rings (SSSR count). The molecule has 1 aliphatic heterocycles. The van der Waals surface area contributed by atoms with E-state index < -0.39 is 0 Å². The van der Waals surface area contributed by atoms with Crippen LogP contribution < -0.4 is 10.2 Å². The lowest BCUT2D eigenvalue weighted by Crippen LogP contribution is -2.44. The van der Waals surface area contributed by atoms with Crippen molar-refractivity contribution in [1.29, 1.82) is 0 Å². The van der Waals surface area contributed by atoms with Crippen LogP contribution in [0.25, 0.3) is 44.7 Å². The van der Waals surface area contributed by atoms with Crippen LogP contribution in [0.5, 0.6) is 0 Å². The molecule has 0 aliphatic carbocycles. The number of nitrogens with one attached hydrogen (secondary N) is 2. The fourth-order valence-electron chi connectivity index (χ4n) is 5.62. The Morgan fingerprint density at radius 2 is 1.73 bits per heavy atom. The topological polar surface area (TPSA) is 82.1 Å². The van der Waals surface area contributed by atoms with Crippen molar-refractivity contribution in [3.8, 4) is 33.6 Å². The van der Waals surface area contributed by atoms with Crippen molar-refractivity contribution in [2.75, 3.05) is 43.4 Å². The van der Waals surface area contributed by atoms with Gasteiger partial charge in [0.1, 0.15) is 5.65 Å². The van der Waals surface area contributed by atoms with Crippen molar-refractivity contribution in [1.82, 2.24) is 24.4 Å². The molecule has 0 saturated carbocycles. The van der Waals surface area contributed by atoms with Crippen molar-refractivity contribution < 1.29 is 4.79 Å². The van der Waals surface area contributed by atoms with Gasteiger partial charge in [0.25, 0.3) is 0 Å². The second kappa shape index (κ2) is 10.7. The molecule has 1 fully saturated rings. The Hall–Kier alpha value is -4.69. The van der Waals surface area contributed by atoms with Gasteiger partial charge in [-0.25, -0.2) is 9.97 Å². The lowest BCUT2D eigenvalue weighted by Gasteiger charge is -2.34. The molecule has 41 heavy (non-hydrogen) atoms. The summed E-state index contributed by atoms with van der Waals surface area (Å²) in [5.74, 6) is -0.237. The number of rotatable bonds is 6. The largest absolute Gasteiger partial charge is 0.369 e. The second-order valence-electron chi connectivity index (χ2n) is 10.9. The number of hydrogen-bond acceptors (Lipinski definition) is 5. The Bertz CT molecular complexity index is 1750. The van der Waals surface area contributed by atoms with Crippen LogP contribution in [0.3, 0.4) is 0 Å². The highest BCUT2D eigenvalue weighted by Crippen LogP contribution is 2.42. The third-order valence-corrected chi connectivity index (χ3v) is 8.06. The molecular formula is C33H35N7O. The fourth-order valence-corrected chi connectivity index (χ4v) is 5.62. The predicted octanol–water partition coefficient (Wildman–Crippen LogP) is 5.79. The minimum absolute atomic E-state index is 0.237. The van der Waals surface area contributed by atoms with E-state index in [0.29, 0.717) is 0 Å². The summed E-state index contributed by atoms with van der Waals surface area (Å²) in [4.78, 5) is 30.1. The Kier molecular flexibility index (Phi) is 6.93. The molecule has 0 spiro atoms. The fraction of sp³-hybridized carbons (Fsp3) is 0.242. The number of aromatic amines is 1. The highest BCUT2D eigenvalue weighted by Gasteiger charge is 2.22. The summed E-state index contributed by atoms with van der Waals surface area (Å²) >= 11 is 0. The maximum atomic E-state index is 12.2. The number of anilines is 2. The van der Waals surface area contributed by atoms with Gasteiger partial charge < -0.3 is 24.7 Å². The molecule has 0 atom stereocenters. The van der Waals surface area contributed by atoms with Crippen LogP contribution in [0.15, 0.2) is 73.8 Å². The number of hydrogen-bond donors (Lipinski definition) is 2. The van der Waals surface area contributed by atoms with Crippen LogP contribution in [0, 0.1) is 13.8 Å². The zero-order chi connectivity index (χ0) is 28.7. The minimum Gasteiger partial charge on any atom is -0.369 e. The molecule has 1 aliphatic rings. The maximum Gasteiger partial charge on any atom is 0.247 e. The number of amides is 1. The Balaban J connectivity index is 1.52. The third-order valence-electron chi connectivity index (χ3n) is 8.06. The molecule has 2 N–H and O–H groups in total. The van der Waals surface area contributed by atoms with Crippen molar-refractivity contribution in [3.05, 3.63) is 85.0 Å². The molecule has 0 bridgehead atoms. The summed E-state index contributed by atoms with van der Waals surface area (Å²) in [5.41, 5.74) is 10.8. The van der Waals surface area contributed by atoms with Gasteiger partial charge in [0.15, 0.2) is 0 Å². The lowest BCUT2D eigenvalue weighted by atomic mass is 9.94. The van der Waals surface area contributed by atoms with E-state index in [1.807, 2.05) is 43.1 Å². The Morgan fingerprint density at radius 3 is 2.41 bits per heavy atom. The number of fused-ring (bicyclic) bond motifs is 1. The van der Waals surface area contributed by atoms with Crippen molar-refractivity contribution in [2.45, 2.75) is 13.8 Å². The predicted molar refractivity (Wildman–Crippen MR) is 167 cm³/mol. The van der Waals surface area contributed by atoms with Gasteiger partial charge in [-0.15, -0.1) is 0 Å². The van der Waals surface area contributed by atoms with Crippen LogP contribution in [0.1, 0.15) is 11.1 Å². The highest BCUT2D eigenvalue weighted by atomic mass is 16.1. The molecule has 1 amide bonds. The third kappa shape index (κ3) is 5.02. The van der Waals surface area contributed by atoms with Gasteiger partial charge >= 0.3 is 0 Å². The van der Waals surface area contributed by atoms with E-state index >= 15 is 0 Å². The number of imidazole rings is 1. The van der Waals surface area contributed by atoms with Crippen LogP contribution in [0.4, 0.5) is 11.4 Å². The maximum absolute atomic E-state index is 12.2. The minimum atomic E-state index is -0.237. The number of piperazine rings is 1. The number of carbonyl (C=O) groups excluding carboxylic acids is 1. The Morgan fingerprint density at radius 1 is 1.00 bits per heavy atom. The molecule has 8 nitrogen and oxygen atoms in total. The van der Waals surface area contributed by atoms with E-state index in [4.69, 9.17) is 4.98 Å². The number of pyridine rings is 1. The van der Waals surface area contributed by atoms with Crippen LogP contribution >= 0.6 is 0 Å². The molecule has 0 unspecified atom stereocenters. The number of nitrogens with zero attached hydrogens (tertiary/aromatic N) is 5. The number of aryl methyl sites for hydroxylation is 3. The van der Waals surface area contributed by atoms with Crippen molar-refractivity contribution >= 4 is 28.3 Å². The monoisotopic (exact) mass is 545 g/mol. The average Bonchev–Trinajstić information content (AvgIpc) is 3.59. The first kappa shape index (κ1) is 26.5. The second-order valence-corrected chi connectivity index (χ2v) is 10.9. The lowest BCUT2D eigenvalue weighted by molar-refractivity contribution is -0.111. The first-order chi connectivity index (χ1) is 19.8. The molecular weight excluding hydrogens is 510 g/mol. The molecule has 2 aromatic carbocycles. The zero-order valence-corrected chi connectivity index (χ0v) is 24.0. The summed E-state index contributed by atoms with van der Waals surface area (Å²) in [6.07, 6.45) is 7.00. The highest BCUT2D eigenvalue weighted by molar-refractivity contribution is 6.07. The van der Waals surface area contributed by atoms with E-state index in [2.05, 4.69) is 76.0 Å². The average molecular weight is 546 g/mol. The molecule has 5 aromatic rings. The van der Waals surface area contributed by atoms with Gasteiger partial charge in [-0.2, -0.15) is 0 Å². The molecule has 3 aromatic heterocycles. The number of likely N-dealkylation sites (N-methyl/N-ethyl adjacent to an activating group) is 1. The smallest absolute Gasteiger partial charge is 0.247 e. The standard InChI is InChI=1S/C33H35N7O/c1-6-29(41)36-27-17-24(8-7-21(27)2)31-30-22(3)26(28-19-39(5)20-35-28)18-34-33(30)37-32(31)23-9-11-25(12-10-23)40-15-13-38(4)14-16-40/h6-12,17-20H,1,13-16H2,2-5H3,(H,34,37)(H,36,41). The van der Waals surface area contributed by atoms with Gasteiger partial charge in [0.05, 0.1) is 17.7 Å². The number of H-pyrrole nitrogens is 1. The quantitative estimate of drug-likeness (QED) is 0.264. The van der Waals surface area contributed by atoms with E-state index in [-0.39, 0.29) is 5.91 Å². The summed E-state index contributed by atoms with van der Waals surface area (Å²) in [7, 11) is 4.14. The van der Waals surface area contributed by atoms with Gasteiger partial charge in [-0.05, 0) is 67.4 Å². The van der Waals surface area contributed by atoms with E-state index in [9.17, 15) is 4.79 Å². The van der Waals surface area contributed by atoms with Crippen molar-refractivity contribution in [3.63, 3.8) is 0 Å². The van der Waals surface area contributed by atoms with Gasteiger partial charge in [0, 0.05) is 73.5 Å². The van der Waals surface area contributed by atoms with Crippen molar-refractivity contribution in [2.24, 2.45) is 7.05 Å². The molecule has 8 heteroatoms. The summed E-state index contributed by atoms with van der Waals surface area (Å²) in [6.45, 7) is 11.9. The molecule has 0 radical (unpaired) electrons. The van der Waals surface area contributed by atoms with E-state index in [1.54, 1.807) is 6.33 Å². The zero-order valence-electron chi connectivity index (χ0n) is 24.0. The normalized spacial score (nSPS) is 14.0. The first-order valence-electron chi connectivity index (χ1n) is 13.9. The summed E-state index contributed by atoms with van der Waals surface area (Å²) in [6, 6.07) is 15.0. The van der Waals surface area contributed by atoms with Crippen LogP contribution in [-0.4, -0.2) is 63.6 Å². The summed E-state index contributed by atoms with van der Waals surface area (Å²) in [5, 5.41) is 4.00. The Labute approximate surface area is 240 Å². The van der Waals surface area contributed by atoms with Gasteiger partial charge in [0.2, 0.25) is 5.91 Å². The van der Waals surface area contributed by atoms with Gasteiger partial charge in [-0.1, -0.05) is 30.8 Å². The number of aromatic nitrogens is 4. The number of carbonyl (C=O) groups is 1. The van der Waals surface area contributed by atoms with Gasteiger partial charge in [-0.3, -0.25) is 4.79 Å².